The zero-order valence-corrected chi connectivity index (χ0v) is 12.2. The van der Waals surface area contributed by atoms with Gasteiger partial charge in [-0.1, -0.05) is 23.7 Å². The molecule has 0 aliphatic rings. The van der Waals surface area contributed by atoms with E-state index in [1.165, 1.54) is 0 Å². The number of carbonyl (C=O) groups is 1. The second-order valence-electron chi connectivity index (χ2n) is 4.51. The van der Waals surface area contributed by atoms with Gasteiger partial charge in [0.1, 0.15) is 0 Å². The Balaban J connectivity index is 2.09. The van der Waals surface area contributed by atoms with Gasteiger partial charge in [0.15, 0.2) is 0 Å². The molecule has 0 unspecified atom stereocenters. The third kappa shape index (κ3) is 7.70. The van der Waals surface area contributed by atoms with Crippen LogP contribution in [0.1, 0.15) is 25.8 Å². The molecule has 1 rings (SSSR count). The van der Waals surface area contributed by atoms with Crippen LogP contribution >= 0.6 is 11.6 Å². The third-order valence-electron chi connectivity index (χ3n) is 2.42. The summed E-state index contributed by atoms with van der Waals surface area (Å²) in [6.45, 7) is 5.75. The zero-order valence-electron chi connectivity index (χ0n) is 11.4. The normalized spacial score (nSPS) is 10.5. The summed E-state index contributed by atoms with van der Waals surface area (Å²) in [5, 5.41) is 6.26. The van der Waals surface area contributed by atoms with Crippen LogP contribution in [0.15, 0.2) is 24.3 Å². The van der Waals surface area contributed by atoms with Gasteiger partial charge in [-0.2, -0.15) is 0 Å². The third-order valence-corrected chi connectivity index (χ3v) is 2.68. The van der Waals surface area contributed by atoms with Crippen molar-refractivity contribution in [1.82, 2.24) is 10.6 Å². The number of hydrogen-bond acceptors (Lipinski definition) is 2. The molecule has 5 heteroatoms. The SMILES string of the molecule is CC(C)OCCCNC(=O)NCc1ccc(Cl)cc1. The highest BCUT2D eigenvalue weighted by atomic mass is 35.5. The van der Waals surface area contributed by atoms with Crippen LogP contribution in [0.5, 0.6) is 0 Å². The van der Waals surface area contributed by atoms with Gasteiger partial charge in [-0.25, -0.2) is 4.79 Å². The number of urea groups is 1. The standard InChI is InChI=1S/C14H21ClN2O2/c1-11(2)19-9-3-8-16-14(18)17-10-12-4-6-13(15)7-5-12/h4-7,11H,3,8-10H2,1-2H3,(H2,16,17,18). The maximum Gasteiger partial charge on any atom is 0.315 e. The predicted octanol–water partition coefficient (Wildman–Crippen LogP) is 2.95. The molecule has 0 radical (unpaired) electrons. The molecule has 2 N–H and O–H groups in total. The monoisotopic (exact) mass is 284 g/mol. The lowest BCUT2D eigenvalue weighted by molar-refractivity contribution is 0.0774. The predicted molar refractivity (Wildman–Crippen MR) is 77.4 cm³/mol. The van der Waals surface area contributed by atoms with Crippen LogP contribution in [-0.2, 0) is 11.3 Å². The number of hydrogen-bond donors (Lipinski definition) is 2. The largest absolute Gasteiger partial charge is 0.379 e. The van der Waals surface area contributed by atoms with Crippen molar-refractivity contribution in [2.45, 2.75) is 32.9 Å². The molecule has 1 aromatic carbocycles. The van der Waals surface area contributed by atoms with Gasteiger partial charge >= 0.3 is 6.03 Å². The van der Waals surface area contributed by atoms with E-state index in [9.17, 15) is 4.79 Å². The molecule has 0 heterocycles. The molecule has 19 heavy (non-hydrogen) atoms. The Morgan fingerprint density at radius 2 is 1.95 bits per heavy atom. The summed E-state index contributed by atoms with van der Waals surface area (Å²) in [6.07, 6.45) is 1.05. The van der Waals surface area contributed by atoms with Crippen molar-refractivity contribution >= 4 is 17.6 Å². The number of halogens is 1. The van der Waals surface area contributed by atoms with E-state index >= 15 is 0 Å². The van der Waals surface area contributed by atoms with Crippen molar-refractivity contribution < 1.29 is 9.53 Å². The van der Waals surface area contributed by atoms with Crippen molar-refractivity contribution in [3.05, 3.63) is 34.9 Å². The molecule has 106 valence electrons. The maximum atomic E-state index is 11.5. The number of carbonyl (C=O) groups excluding carboxylic acids is 1. The molecule has 2 amide bonds. The summed E-state index contributed by atoms with van der Waals surface area (Å²) in [5.74, 6) is 0. The molecule has 0 fully saturated rings. The van der Waals surface area contributed by atoms with Crippen LogP contribution in [0.3, 0.4) is 0 Å². The molecule has 0 aromatic heterocycles. The molecule has 0 aliphatic carbocycles. The highest BCUT2D eigenvalue weighted by Crippen LogP contribution is 2.08. The minimum absolute atomic E-state index is 0.167. The van der Waals surface area contributed by atoms with Crippen molar-refractivity contribution in [1.29, 1.82) is 0 Å². The molecule has 4 nitrogen and oxygen atoms in total. The first-order valence-electron chi connectivity index (χ1n) is 6.45. The van der Waals surface area contributed by atoms with Crippen LogP contribution < -0.4 is 10.6 Å². The van der Waals surface area contributed by atoms with Gasteiger partial charge in [0.25, 0.3) is 0 Å². The first kappa shape index (κ1) is 15.8. The number of benzene rings is 1. The molecule has 0 spiro atoms. The van der Waals surface area contributed by atoms with Crippen molar-refractivity contribution in [2.24, 2.45) is 0 Å². The topological polar surface area (TPSA) is 50.4 Å². The van der Waals surface area contributed by atoms with Crippen molar-refractivity contribution in [3.63, 3.8) is 0 Å². The van der Waals surface area contributed by atoms with E-state index in [1.807, 2.05) is 26.0 Å². The second-order valence-corrected chi connectivity index (χ2v) is 4.95. The van der Waals surface area contributed by atoms with Gasteiger partial charge < -0.3 is 15.4 Å². The molecular formula is C14H21ClN2O2. The molecule has 0 saturated carbocycles. The second kappa shape index (κ2) is 8.77. The van der Waals surface area contributed by atoms with Crippen molar-refractivity contribution in [3.8, 4) is 0 Å². The number of nitrogens with one attached hydrogen (secondary N) is 2. The van der Waals surface area contributed by atoms with E-state index in [2.05, 4.69) is 10.6 Å². The van der Waals surface area contributed by atoms with E-state index in [1.54, 1.807) is 12.1 Å². The quantitative estimate of drug-likeness (QED) is 0.757. The minimum Gasteiger partial charge on any atom is -0.379 e. The van der Waals surface area contributed by atoms with Gasteiger partial charge in [-0.3, -0.25) is 0 Å². The smallest absolute Gasteiger partial charge is 0.315 e. The van der Waals surface area contributed by atoms with Gasteiger partial charge in [-0.15, -0.1) is 0 Å². The van der Waals surface area contributed by atoms with Gasteiger partial charge in [0, 0.05) is 24.7 Å². The van der Waals surface area contributed by atoms with Gasteiger partial charge in [0.05, 0.1) is 6.10 Å². The lowest BCUT2D eigenvalue weighted by Crippen LogP contribution is -2.35. The fourth-order valence-electron chi connectivity index (χ4n) is 1.44. The Bertz CT molecular complexity index is 380. The molecular weight excluding hydrogens is 264 g/mol. The maximum absolute atomic E-state index is 11.5. The lowest BCUT2D eigenvalue weighted by atomic mass is 10.2. The molecule has 1 aromatic rings. The summed E-state index contributed by atoms with van der Waals surface area (Å²) >= 11 is 5.78. The molecule has 0 aliphatic heterocycles. The Hall–Kier alpha value is -1.26. The Labute approximate surface area is 119 Å². The Kier molecular flexibility index (Phi) is 7.30. The van der Waals surface area contributed by atoms with Crippen LogP contribution in [-0.4, -0.2) is 25.3 Å². The minimum atomic E-state index is -0.167. The average molecular weight is 285 g/mol. The van der Waals surface area contributed by atoms with Crippen LogP contribution in [0.25, 0.3) is 0 Å². The summed E-state index contributed by atoms with van der Waals surface area (Å²) in [4.78, 5) is 11.5. The lowest BCUT2D eigenvalue weighted by Gasteiger charge is -2.09. The van der Waals surface area contributed by atoms with E-state index in [-0.39, 0.29) is 12.1 Å². The number of amides is 2. The Morgan fingerprint density at radius 1 is 1.26 bits per heavy atom. The van der Waals surface area contributed by atoms with Gasteiger partial charge in [-0.05, 0) is 38.0 Å². The van der Waals surface area contributed by atoms with Crippen LogP contribution in [0, 0.1) is 0 Å². The zero-order chi connectivity index (χ0) is 14.1. The summed E-state index contributed by atoms with van der Waals surface area (Å²) < 4.78 is 5.38. The highest BCUT2D eigenvalue weighted by Gasteiger charge is 2.00. The molecule has 0 atom stereocenters. The number of rotatable bonds is 7. The summed E-state index contributed by atoms with van der Waals surface area (Å²) in [7, 11) is 0. The average Bonchev–Trinajstić information content (AvgIpc) is 2.37. The number of ether oxygens (including phenoxy) is 1. The molecule has 0 bridgehead atoms. The van der Waals surface area contributed by atoms with Crippen molar-refractivity contribution in [2.75, 3.05) is 13.2 Å². The van der Waals surface area contributed by atoms with Gasteiger partial charge in [0.2, 0.25) is 0 Å². The van der Waals surface area contributed by atoms with E-state index in [0.717, 1.165) is 12.0 Å². The fourth-order valence-corrected chi connectivity index (χ4v) is 1.57. The Morgan fingerprint density at radius 3 is 2.58 bits per heavy atom. The van der Waals surface area contributed by atoms with Crippen LogP contribution in [0.4, 0.5) is 4.79 Å². The summed E-state index contributed by atoms with van der Waals surface area (Å²) in [6, 6.07) is 7.22. The first-order valence-corrected chi connectivity index (χ1v) is 6.83. The fraction of sp³-hybridized carbons (Fsp3) is 0.500. The van der Waals surface area contributed by atoms with E-state index < -0.39 is 0 Å². The van der Waals surface area contributed by atoms with E-state index in [0.29, 0.717) is 24.7 Å². The highest BCUT2D eigenvalue weighted by molar-refractivity contribution is 6.30. The van der Waals surface area contributed by atoms with E-state index in [4.69, 9.17) is 16.3 Å². The van der Waals surface area contributed by atoms with Crippen LogP contribution in [0.2, 0.25) is 5.02 Å². The summed E-state index contributed by atoms with van der Waals surface area (Å²) in [5.41, 5.74) is 1.02. The first-order chi connectivity index (χ1) is 9.08. The molecule has 0 saturated heterocycles.